The lowest BCUT2D eigenvalue weighted by molar-refractivity contribution is -0.0276. The first-order valence-corrected chi connectivity index (χ1v) is 10.4. The Labute approximate surface area is 156 Å². The van der Waals surface area contributed by atoms with Gasteiger partial charge in [-0.3, -0.25) is 4.90 Å². The summed E-state index contributed by atoms with van der Waals surface area (Å²) in [4.78, 5) is 2.64. The molecular weight excluding hydrogens is 348 g/mol. The van der Waals surface area contributed by atoms with Gasteiger partial charge in [0, 0.05) is 26.2 Å². The molecule has 0 unspecified atom stereocenters. The number of hydrogen-bond acceptors (Lipinski definition) is 4. The fourth-order valence-corrected chi connectivity index (χ4v) is 4.56. The summed E-state index contributed by atoms with van der Waals surface area (Å²) in [7, 11) is -3.54. The summed E-state index contributed by atoms with van der Waals surface area (Å²) in [5.41, 5.74) is 2.93. The highest BCUT2D eigenvalue weighted by molar-refractivity contribution is 7.89. The number of hydrogen-bond donors (Lipinski definition) is 1. The van der Waals surface area contributed by atoms with E-state index in [2.05, 4.69) is 21.8 Å². The molecule has 1 saturated heterocycles. The van der Waals surface area contributed by atoms with Gasteiger partial charge in [-0.1, -0.05) is 42.5 Å². The minimum Gasteiger partial charge on any atom is -0.374 e. The van der Waals surface area contributed by atoms with Gasteiger partial charge in [-0.15, -0.1) is 0 Å². The SMILES string of the molecule is Cc1ccc(C)c(S(=O)(=O)NC[C@@H]2CN(Cc3ccccc3)CCO2)c1. The number of benzene rings is 2. The number of nitrogens with zero attached hydrogens (tertiary/aromatic N) is 1. The van der Waals surface area contributed by atoms with Gasteiger partial charge in [0.1, 0.15) is 0 Å². The Bertz CT molecular complexity index is 837. The van der Waals surface area contributed by atoms with Gasteiger partial charge >= 0.3 is 0 Å². The minimum atomic E-state index is -3.54. The van der Waals surface area contributed by atoms with Crippen LogP contribution in [0.15, 0.2) is 53.4 Å². The summed E-state index contributed by atoms with van der Waals surface area (Å²) in [6, 6.07) is 15.7. The zero-order chi connectivity index (χ0) is 18.6. The van der Waals surface area contributed by atoms with Gasteiger partial charge in [0.2, 0.25) is 10.0 Å². The van der Waals surface area contributed by atoms with Crippen molar-refractivity contribution in [1.29, 1.82) is 0 Å². The van der Waals surface area contributed by atoms with Crippen molar-refractivity contribution in [3.8, 4) is 0 Å². The topological polar surface area (TPSA) is 58.6 Å². The monoisotopic (exact) mass is 374 g/mol. The van der Waals surface area contributed by atoms with Gasteiger partial charge < -0.3 is 4.74 Å². The van der Waals surface area contributed by atoms with Crippen LogP contribution < -0.4 is 4.72 Å². The zero-order valence-corrected chi connectivity index (χ0v) is 16.1. The smallest absolute Gasteiger partial charge is 0.240 e. The first-order chi connectivity index (χ1) is 12.4. The quantitative estimate of drug-likeness (QED) is 0.844. The van der Waals surface area contributed by atoms with Crippen LogP contribution >= 0.6 is 0 Å². The highest BCUT2D eigenvalue weighted by Gasteiger charge is 2.24. The van der Waals surface area contributed by atoms with E-state index in [0.717, 1.165) is 24.2 Å². The number of nitrogens with one attached hydrogen (secondary N) is 1. The molecule has 0 aromatic heterocycles. The van der Waals surface area contributed by atoms with Gasteiger partial charge in [-0.05, 0) is 36.6 Å². The molecule has 0 radical (unpaired) electrons. The molecular formula is C20H26N2O3S. The van der Waals surface area contributed by atoms with Crippen molar-refractivity contribution in [2.24, 2.45) is 0 Å². The van der Waals surface area contributed by atoms with Crippen molar-refractivity contribution in [3.05, 3.63) is 65.2 Å². The first-order valence-electron chi connectivity index (χ1n) is 8.89. The lowest BCUT2D eigenvalue weighted by Crippen LogP contribution is -2.47. The Morgan fingerprint density at radius 1 is 1.15 bits per heavy atom. The fourth-order valence-electron chi connectivity index (χ4n) is 3.17. The number of ether oxygens (including phenoxy) is 1. The van der Waals surface area contributed by atoms with E-state index in [1.165, 1.54) is 5.56 Å². The molecule has 5 nitrogen and oxygen atoms in total. The van der Waals surface area contributed by atoms with Crippen LogP contribution in [0.3, 0.4) is 0 Å². The maximum atomic E-state index is 12.6. The number of rotatable bonds is 6. The molecule has 26 heavy (non-hydrogen) atoms. The normalized spacial score (nSPS) is 18.8. The van der Waals surface area contributed by atoms with Gasteiger partial charge in [-0.2, -0.15) is 0 Å². The van der Waals surface area contributed by atoms with E-state index in [-0.39, 0.29) is 12.6 Å². The molecule has 2 aromatic carbocycles. The van der Waals surface area contributed by atoms with Crippen LogP contribution in [0.2, 0.25) is 0 Å². The fraction of sp³-hybridized carbons (Fsp3) is 0.400. The number of sulfonamides is 1. The summed E-state index contributed by atoms with van der Waals surface area (Å²) in [6.45, 7) is 7.02. The Morgan fingerprint density at radius 3 is 2.69 bits per heavy atom. The summed E-state index contributed by atoms with van der Waals surface area (Å²) in [5.74, 6) is 0. The second-order valence-corrected chi connectivity index (χ2v) is 8.57. The molecule has 2 aromatic rings. The standard InChI is InChI=1S/C20H26N2O3S/c1-16-8-9-17(2)20(12-16)26(23,24)21-13-19-15-22(10-11-25-19)14-18-6-4-3-5-7-18/h3-9,12,19,21H,10-11,13-15H2,1-2H3/t19-/m1/s1. The molecule has 0 amide bonds. The summed E-state index contributed by atoms with van der Waals surface area (Å²) in [5, 5.41) is 0. The van der Waals surface area contributed by atoms with Gasteiger partial charge in [0.15, 0.2) is 0 Å². The van der Waals surface area contributed by atoms with Crippen molar-refractivity contribution in [2.45, 2.75) is 31.4 Å². The molecule has 3 rings (SSSR count). The van der Waals surface area contributed by atoms with Crippen LogP contribution in [0.1, 0.15) is 16.7 Å². The van der Waals surface area contributed by atoms with Gasteiger partial charge in [0.05, 0.1) is 17.6 Å². The molecule has 1 heterocycles. The Hall–Kier alpha value is -1.73. The van der Waals surface area contributed by atoms with E-state index in [4.69, 9.17) is 4.74 Å². The van der Waals surface area contributed by atoms with Crippen molar-refractivity contribution >= 4 is 10.0 Å². The van der Waals surface area contributed by atoms with Gasteiger partial charge in [0.25, 0.3) is 0 Å². The van der Waals surface area contributed by atoms with E-state index in [1.807, 2.05) is 44.2 Å². The third-order valence-electron chi connectivity index (χ3n) is 4.61. The van der Waals surface area contributed by atoms with E-state index in [1.54, 1.807) is 6.07 Å². The van der Waals surface area contributed by atoms with Crippen molar-refractivity contribution < 1.29 is 13.2 Å². The lowest BCUT2D eigenvalue weighted by Gasteiger charge is -2.33. The molecule has 1 N–H and O–H groups in total. The molecule has 0 aliphatic carbocycles. The van der Waals surface area contributed by atoms with E-state index < -0.39 is 10.0 Å². The van der Waals surface area contributed by atoms with Crippen LogP contribution in [0.25, 0.3) is 0 Å². The minimum absolute atomic E-state index is 0.146. The third-order valence-corrected chi connectivity index (χ3v) is 6.17. The average Bonchev–Trinajstić information content (AvgIpc) is 2.63. The van der Waals surface area contributed by atoms with Crippen molar-refractivity contribution in [2.75, 3.05) is 26.2 Å². The maximum Gasteiger partial charge on any atom is 0.240 e. The molecule has 1 fully saturated rings. The lowest BCUT2D eigenvalue weighted by atomic mass is 10.2. The van der Waals surface area contributed by atoms with Gasteiger partial charge in [-0.25, -0.2) is 13.1 Å². The molecule has 1 aliphatic heterocycles. The average molecular weight is 375 g/mol. The van der Waals surface area contributed by atoms with Crippen LogP contribution in [-0.2, 0) is 21.3 Å². The van der Waals surface area contributed by atoms with E-state index in [9.17, 15) is 8.42 Å². The van der Waals surface area contributed by atoms with E-state index in [0.29, 0.717) is 18.0 Å². The Balaban J connectivity index is 1.59. The summed E-state index contributed by atoms with van der Waals surface area (Å²) in [6.07, 6.45) is -0.146. The molecule has 0 spiro atoms. The summed E-state index contributed by atoms with van der Waals surface area (Å²) < 4.78 is 33.8. The van der Waals surface area contributed by atoms with Crippen molar-refractivity contribution in [1.82, 2.24) is 9.62 Å². The van der Waals surface area contributed by atoms with Crippen LogP contribution in [0.4, 0.5) is 0 Å². The third kappa shape index (κ3) is 4.92. The summed E-state index contributed by atoms with van der Waals surface area (Å²) >= 11 is 0. The predicted octanol–water partition coefficient (Wildman–Crippen LogP) is 2.48. The molecule has 0 saturated carbocycles. The number of morpholine rings is 1. The Kier molecular flexibility index (Phi) is 6.09. The van der Waals surface area contributed by atoms with Crippen LogP contribution in [0, 0.1) is 13.8 Å². The highest BCUT2D eigenvalue weighted by Crippen LogP contribution is 2.17. The van der Waals surface area contributed by atoms with E-state index >= 15 is 0 Å². The van der Waals surface area contributed by atoms with Crippen LogP contribution in [0.5, 0.6) is 0 Å². The zero-order valence-electron chi connectivity index (χ0n) is 15.3. The second kappa shape index (κ2) is 8.31. The molecule has 1 aliphatic rings. The molecule has 1 atom stereocenters. The highest BCUT2D eigenvalue weighted by atomic mass is 32.2. The van der Waals surface area contributed by atoms with Crippen molar-refractivity contribution in [3.63, 3.8) is 0 Å². The number of aryl methyl sites for hydroxylation is 2. The largest absolute Gasteiger partial charge is 0.374 e. The molecule has 0 bridgehead atoms. The van der Waals surface area contributed by atoms with Crippen LogP contribution in [-0.4, -0.2) is 45.7 Å². The molecule has 140 valence electrons. The molecule has 6 heteroatoms. The first kappa shape index (κ1) is 19.0. The maximum absolute atomic E-state index is 12.6. The predicted molar refractivity (Wildman–Crippen MR) is 103 cm³/mol. The Morgan fingerprint density at radius 2 is 1.92 bits per heavy atom. The second-order valence-electron chi connectivity index (χ2n) is 6.83.